The van der Waals surface area contributed by atoms with E-state index in [1.54, 1.807) is 19.1 Å². The van der Waals surface area contributed by atoms with Crippen molar-refractivity contribution in [2.45, 2.75) is 26.8 Å². The second-order valence-corrected chi connectivity index (χ2v) is 4.52. The summed E-state index contributed by atoms with van der Waals surface area (Å²) in [5.74, 6) is -0.478. The summed E-state index contributed by atoms with van der Waals surface area (Å²) in [5, 5.41) is 16.8. The van der Waals surface area contributed by atoms with Crippen LogP contribution in [0.2, 0.25) is 0 Å². The Morgan fingerprint density at radius 3 is 2.71 bits per heavy atom. The molecule has 0 aliphatic heterocycles. The number of nitro benzene ring substituents is 1. The Bertz CT molecular complexity index is 505. The minimum Gasteiger partial charge on any atom is -0.380 e. The van der Waals surface area contributed by atoms with Gasteiger partial charge in [-0.05, 0) is 32.9 Å². The van der Waals surface area contributed by atoms with Crippen LogP contribution in [-0.4, -0.2) is 36.6 Å². The van der Waals surface area contributed by atoms with Gasteiger partial charge < -0.3 is 15.4 Å². The van der Waals surface area contributed by atoms with Gasteiger partial charge >= 0.3 is 5.69 Å². The van der Waals surface area contributed by atoms with E-state index in [0.717, 1.165) is 0 Å². The number of ether oxygens (including phenoxy) is 1. The number of anilines is 1. The van der Waals surface area contributed by atoms with Crippen LogP contribution in [0.1, 0.15) is 31.1 Å². The normalized spacial score (nSPS) is 11.8. The first-order chi connectivity index (χ1) is 10.0. The van der Waals surface area contributed by atoms with Gasteiger partial charge in [-0.3, -0.25) is 14.9 Å². The fourth-order valence-corrected chi connectivity index (χ4v) is 1.89. The van der Waals surface area contributed by atoms with Crippen molar-refractivity contribution >= 4 is 17.3 Å². The molecular formula is C14H21N3O4. The van der Waals surface area contributed by atoms with Gasteiger partial charge in [0.25, 0.3) is 5.91 Å². The van der Waals surface area contributed by atoms with Crippen LogP contribution in [0.3, 0.4) is 0 Å². The number of hydrogen-bond acceptors (Lipinski definition) is 5. The molecule has 1 unspecified atom stereocenters. The van der Waals surface area contributed by atoms with E-state index in [1.165, 1.54) is 6.07 Å². The Labute approximate surface area is 123 Å². The lowest BCUT2D eigenvalue weighted by Gasteiger charge is -2.14. The Kier molecular flexibility index (Phi) is 6.61. The van der Waals surface area contributed by atoms with E-state index in [2.05, 4.69) is 10.6 Å². The number of para-hydroxylation sites is 1. The number of carbonyl (C=O) groups excluding carboxylic acids is 1. The molecule has 0 fully saturated rings. The van der Waals surface area contributed by atoms with E-state index >= 15 is 0 Å². The summed E-state index contributed by atoms with van der Waals surface area (Å²) in [6, 6.07) is 4.43. The number of nitro groups is 1. The number of amides is 1. The molecule has 116 valence electrons. The minimum atomic E-state index is -0.542. The SMILES string of the molecule is CCNc1cccc(C(=O)NC(C)COCC)c1[N+](=O)[O-]. The summed E-state index contributed by atoms with van der Waals surface area (Å²) in [6.07, 6.45) is 0. The van der Waals surface area contributed by atoms with Crippen molar-refractivity contribution in [1.29, 1.82) is 0 Å². The zero-order valence-electron chi connectivity index (χ0n) is 12.5. The molecule has 1 aromatic carbocycles. The molecule has 1 aromatic rings. The van der Waals surface area contributed by atoms with E-state index in [0.29, 0.717) is 25.4 Å². The summed E-state index contributed by atoms with van der Waals surface area (Å²) in [4.78, 5) is 22.9. The lowest BCUT2D eigenvalue weighted by Crippen LogP contribution is -2.36. The average molecular weight is 295 g/mol. The Morgan fingerprint density at radius 1 is 1.43 bits per heavy atom. The van der Waals surface area contributed by atoms with Crippen molar-refractivity contribution in [1.82, 2.24) is 5.32 Å². The molecule has 0 bridgehead atoms. The first-order valence-corrected chi connectivity index (χ1v) is 6.91. The number of hydrogen-bond donors (Lipinski definition) is 2. The monoisotopic (exact) mass is 295 g/mol. The van der Waals surface area contributed by atoms with Gasteiger partial charge in [0.05, 0.1) is 11.5 Å². The standard InChI is InChI=1S/C14H21N3O4/c1-4-15-12-8-6-7-11(13(12)17(19)20)14(18)16-10(3)9-21-5-2/h6-8,10,15H,4-5,9H2,1-3H3,(H,16,18). The molecule has 0 saturated heterocycles. The van der Waals surface area contributed by atoms with E-state index in [9.17, 15) is 14.9 Å². The lowest BCUT2D eigenvalue weighted by atomic mass is 10.1. The molecule has 7 nitrogen and oxygen atoms in total. The quantitative estimate of drug-likeness (QED) is 0.566. The molecule has 1 rings (SSSR count). The second kappa shape index (κ2) is 8.21. The highest BCUT2D eigenvalue weighted by molar-refractivity contribution is 6.00. The average Bonchev–Trinajstić information content (AvgIpc) is 2.44. The summed E-state index contributed by atoms with van der Waals surface area (Å²) < 4.78 is 5.21. The summed E-state index contributed by atoms with van der Waals surface area (Å²) in [7, 11) is 0. The third kappa shape index (κ3) is 4.71. The van der Waals surface area contributed by atoms with Crippen LogP contribution >= 0.6 is 0 Å². The molecule has 0 aliphatic carbocycles. The molecule has 7 heteroatoms. The fourth-order valence-electron chi connectivity index (χ4n) is 1.89. The van der Waals surface area contributed by atoms with Gasteiger partial charge in [-0.15, -0.1) is 0 Å². The molecular weight excluding hydrogens is 274 g/mol. The van der Waals surface area contributed by atoms with Gasteiger partial charge in [0.15, 0.2) is 0 Å². The van der Waals surface area contributed by atoms with Crippen LogP contribution in [0, 0.1) is 10.1 Å². The van der Waals surface area contributed by atoms with Gasteiger partial charge in [-0.25, -0.2) is 0 Å². The Balaban J connectivity index is 2.98. The summed E-state index contributed by atoms with van der Waals surface area (Å²) in [6.45, 7) is 6.93. The first-order valence-electron chi connectivity index (χ1n) is 6.91. The molecule has 1 amide bonds. The van der Waals surface area contributed by atoms with Gasteiger partial charge in [0.1, 0.15) is 11.3 Å². The number of carbonyl (C=O) groups is 1. The maximum Gasteiger partial charge on any atom is 0.305 e. The molecule has 0 aromatic heterocycles. The molecule has 1 atom stereocenters. The highest BCUT2D eigenvalue weighted by Gasteiger charge is 2.24. The number of benzene rings is 1. The van der Waals surface area contributed by atoms with Crippen molar-refractivity contribution < 1.29 is 14.5 Å². The highest BCUT2D eigenvalue weighted by atomic mass is 16.6. The van der Waals surface area contributed by atoms with E-state index in [4.69, 9.17) is 4.74 Å². The minimum absolute atomic E-state index is 0.0433. The largest absolute Gasteiger partial charge is 0.380 e. The van der Waals surface area contributed by atoms with Crippen LogP contribution in [0.4, 0.5) is 11.4 Å². The molecule has 2 N–H and O–H groups in total. The van der Waals surface area contributed by atoms with Crippen LogP contribution in [0.15, 0.2) is 18.2 Å². The van der Waals surface area contributed by atoms with Crippen LogP contribution in [-0.2, 0) is 4.74 Å². The third-order valence-corrected chi connectivity index (χ3v) is 2.78. The zero-order chi connectivity index (χ0) is 15.8. The van der Waals surface area contributed by atoms with Crippen LogP contribution < -0.4 is 10.6 Å². The van der Waals surface area contributed by atoms with Gasteiger partial charge in [-0.2, -0.15) is 0 Å². The van der Waals surface area contributed by atoms with Gasteiger partial charge in [0.2, 0.25) is 0 Å². The molecule has 0 saturated carbocycles. The Hall–Kier alpha value is -2.15. The third-order valence-electron chi connectivity index (χ3n) is 2.78. The maximum atomic E-state index is 12.2. The van der Waals surface area contributed by atoms with Gasteiger partial charge in [-0.1, -0.05) is 6.07 Å². The predicted molar refractivity (Wildman–Crippen MR) is 80.7 cm³/mol. The van der Waals surface area contributed by atoms with Crippen LogP contribution in [0.5, 0.6) is 0 Å². The Morgan fingerprint density at radius 2 is 2.14 bits per heavy atom. The van der Waals surface area contributed by atoms with Crippen molar-refractivity contribution in [3.8, 4) is 0 Å². The fraction of sp³-hybridized carbons (Fsp3) is 0.500. The van der Waals surface area contributed by atoms with Crippen molar-refractivity contribution in [2.24, 2.45) is 0 Å². The van der Waals surface area contributed by atoms with Crippen molar-refractivity contribution in [3.05, 3.63) is 33.9 Å². The maximum absolute atomic E-state index is 12.2. The van der Waals surface area contributed by atoms with E-state index < -0.39 is 10.8 Å². The zero-order valence-corrected chi connectivity index (χ0v) is 12.5. The predicted octanol–water partition coefficient (Wildman–Crippen LogP) is 2.18. The second-order valence-electron chi connectivity index (χ2n) is 4.52. The number of rotatable bonds is 8. The van der Waals surface area contributed by atoms with E-state index in [1.807, 2.05) is 13.8 Å². The van der Waals surface area contributed by atoms with Crippen molar-refractivity contribution in [3.63, 3.8) is 0 Å². The summed E-state index contributed by atoms with van der Waals surface area (Å²) in [5.41, 5.74) is 0.176. The van der Waals surface area contributed by atoms with Crippen LogP contribution in [0.25, 0.3) is 0 Å². The number of nitrogens with zero attached hydrogens (tertiary/aromatic N) is 1. The smallest absolute Gasteiger partial charge is 0.305 e. The van der Waals surface area contributed by atoms with Gasteiger partial charge in [0, 0.05) is 19.2 Å². The molecule has 0 radical (unpaired) electrons. The molecule has 0 heterocycles. The summed E-state index contributed by atoms with van der Waals surface area (Å²) >= 11 is 0. The molecule has 21 heavy (non-hydrogen) atoms. The number of nitrogens with one attached hydrogen (secondary N) is 2. The molecule has 0 spiro atoms. The highest BCUT2D eigenvalue weighted by Crippen LogP contribution is 2.28. The lowest BCUT2D eigenvalue weighted by molar-refractivity contribution is -0.384. The van der Waals surface area contributed by atoms with Crippen molar-refractivity contribution in [2.75, 3.05) is 25.1 Å². The molecule has 0 aliphatic rings. The van der Waals surface area contributed by atoms with E-state index in [-0.39, 0.29) is 17.3 Å². The topological polar surface area (TPSA) is 93.5 Å². The first kappa shape index (κ1) is 16.9.